The van der Waals surface area contributed by atoms with Gasteiger partial charge in [-0.2, -0.15) is 0 Å². The standard InChI is InChI=1S/C13H14BrFN2/c1-16-8-12-3-2-6-17(12)9-10-4-5-11(14)7-13(10)15/h2-7,16H,8-9H2,1H3. The van der Waals surface area contributed by atoms with Crippen molar-refractivity contribution in [3.63, 3.8) is 0 Å². The predicted molar refractivity (Wildman–Crippen MR) is 70.4 cm³/mol. The summed E-state index contributed by atoms with van der Waals surface area (Å²) in [7, 11) is 1.90. The molecule has 0 aliphatic carbocycles. The second-order valence-electron chi connectivity index (χ2n) is 3.89. The van der Waals surface area contributed by atoms with Gasteiger partial charge in [0.1, 0.15) is 5.82 Å². The first kappa shape index (κ1) is 12.3. The number of benzene rings is 1. The highest BCUT2D eigenvalue weighted by atomic mass is 79.9. The summed E-state index contributed by atoms with van der Waals surface area (Å²) in [6.07, 6.45) is 1.97. The topological polar surface area (TPSA) is 17.0 Å². The van der Waals surface area contributed by atoms with Gasteiger partial charge in [-0.05, 0) is 31.3 Å². The van der Waals surface area contributed by atoms with Crippen molar-refractivity contribution in [3.05, 3.63) is 58.1 Å². The average Bonchev–Trinajstić information content (AvgIpc) is 2.71. The van der Waals surface area contributed by atoms with Crippen molar-refractivity contribution in [2.45, 2.75) is 13.1 Å². The quantitative estimate of drug-likeness (QED) is 0.917. The van der Waals surface area contributed by atoms with Gasteiger partial charge in [0, 0.05) is 28.5 Å². The van der Waals surface area contributed by atoms with Crippen molar-refractivity contribution < 1.29 is 4.39 Å². The molecule has 1 heterocycles. The molecule has 0 saturated heterocycles. The van der Waals surface area contributed by atoms with Crippen LogP contribution in [-0.2, 0) is 13.1 Å². The minimum Gasteiger partial charge on any atom is -0.346 e. The molecule has 0 fully saturated rings. The van der Waals surface area contributed by atoms with Gasteiger partial charge in [-0.3, -0.25) is 0 Å². The monoisotopic (exact) mass is 296 g/mol. The molecule has 0 radical (unpaired) electrons. The molecule has 1 aromatic heterocycles. The highest BCUT2D eigenvalue weighted by Crippen LogP contribution is 2.17. The zero-order chi connectivity index (χ0) is 12.3. The van der Waals surface area contributed by atoms with Gasteiger partial charge in [0.2, 0.25) is 0 Å². The van der Waals surface area contributed by atoms with Gasteiger partial charge in [0.25, 0.3) is 0 Å². The van der Waals surface area contributed by atoms with E-state index in [4.69, 9.17) is 0 Å². The predicted octanol–water partition coefficient (Wildman–Crippen LogP) is 3.16. The maximum absolute atomic E-state index is 13.7. The van der Waals surface area contributed by atoms with Crippen LogP contribution in [-0.4, -0.2) is 11.6 Å². The molecule has 90 valence electrons. The van der Waals surface area contributed by atoms with Gasteiger partial charge in [0.15, 0.2) is 0 Å². The Labute approximate surface area is 109 Å². The highest BCUT2D eigenvalue weighted by molar-refractivity contribution is 9.10. The van der Waals surface area contributed by atoms with Gasteiger partial charge in [0.05, 0.1) is 6.54 Å². The van der Waals surface area contributed by atoms with Crippen LogP contribution in [0, 0.1) is 5.82 Å². The van der Waals surface area contributed by atoms with Crippen LogP contribution in [0.4, 0.5) is 4.39 Å². The molecule has 0 spiro atoms. The number of hydrogen-bond acceptors (Lipinski definition) is 1. The average molecular weight is 297 g/mol. The summed E-state index contributed by atoms with van der Waals surface area (Å²) in [6.45, 7) is 1.34. The minimum absolute atomic E-state index is 0.177. The van der Waals surface area contributed by atoms with E-state index in [1.54, 1.807) is 0 Å². The summed E-state index contributed by atoms with van der Waals surface area (Å²) < 4.78 is 16.5. The number of halogens is 2. The third-order valence-electron chi connectivity index (χ3n) is 2.64. The normalized spacial score (nSPS) is 10.8. The number of rotatable bonds is 4. The Kier molecular flexibility index (Phi) is 3.97. The molecule has 0 aliphatic heterocycles. The van der Waals surface area contributed by atoms with Crippen molar-refractivity contribution >= 4 is 15.9 Å². The van der Waals surface area contributed by atoms with E-state index in [1.165, 1.54) is 6.07 Å². The van der Waals surface area contributed by atoms with Crippen LogP contribution in [0.1, 0.15) is 11.3 Å². The molecular weight excluding hydrogens is 283 g/mol. The Morgan fingerprint density at radius 1 is 1.35 bits per heavy atom. The number of aromatic nitrogens is 1. The lowest BCUT2D eigenvalue weighted by molar-refractivity contribution is 0.592. The van der Waals surface area contributed by atoms with E-state index < -0.39 is 0 Å². The molecule has 1 aromatic carbocycles. The number of nitrogens with one attached hydrogen (secondary N) is 1. The minimum atomic E-state index is -0.177. The lowest BCUT2D eigenvalue weighted by Gasteiger charge is -2.10. The van der Waals surface area contributed by atoms with Gasteiger partial charge in [-0.15, -0.1) is 0 Å². The fourth-order valence-corrected chi connectivity index (χ4v) is 2.11. The SMILES string of the molecule is CNCc1cccn1Cc1ccc(Br)cc1F. The molecular formula is C13H14BrFN2. The summed E-state index contributed by atoms with van der Waals surface area (Å²) in [5, 5.41) is 3.10. The van der Waals surface area contributed by atoms with Gasteiger partial charge >= 0.3 is 0 Å². The van der Waals surface area contributed by atoms with Crippen molar-refractivity contribution in [1.29, 1.82) is 0 Å². The molecule has 2 aromatic rings. The Morgan fingerprint density at radius 2 is 2.18 bits per heavy atom. The molecule has 2 rings (SSSR count). The maximum Gasteiger partial charge on any atom is 0.129 e. The Hall–Kier alpha value is -1.13. The fraction of sp³-hybridized carbons (Fsp3) is 0.231. The Bertz CT molecular complexity index is 508. The van der Waals surface area contributed by atoms with E-state index in [2.05, 4.69) is 21.2 Å². The smallest absolute Gasteiger partial charge is 0.129 e. The molecule has 0 aliphatic rings. The van der Waals surface area contributed by atoms with Crippen molar-refractivity contribution in [2.24, 2.45) is 0 Å². The lowest BCUT2D eigenvalue weighted by Crippen LogP contribution is -2.11. The summed E-state index contributed by atoms with van der Waals surface area (Å²) in [6, 6.07) is 9.18. The van der Waals surface area contributed by atoms with Crippen LogP contribution >= 0.6 is 15.9 Å². The van der Waals surface area contributed by atoms with Crippen LogP contribution < -0.4 is 5.32 Å². The zero-order valence-corrected chi connectivity index (χ0v) is 11.2. The van der Waals surface area contributed by atoms with Crippen molar-refractivity contribution in [1.82, 2.24) is 9.88 Å². The molecule has 0 amide bonds. The third-order valence-corrected chi connectivity index (χ3v) is 3.13. The summed E-state index contributed by atoms with van der Waals surface area (Å²) in [5.41, 5.74) is 1.84. The highest BCUT2D eigenvalue weighted by Gasteiger charge is 2.05. The first-order valence-electron chi connectivity index (χ1n) is 5.43. The molecule has 17 heavy (non-hydrogen) atoms. The van der Waals surface area contributed by atoms with E-state index in [9.17, 15) is 4.39 Å². The third kappa shape index (κ3) is 2.96. The summed E-state index contributed by atoms with van der Waals surface area (Å²) in [5.74, 6) is -0.177. The van der Waals surface area contributed by atoms with Crippen LogP contribution in [0.15, 0.2) is 41.0 Å². The van der Waals surface area contributed by atoms with Crippen LogP contribution in [0.3, 0.4) is 0 Å². The van der Waals surface area contributed by atoms with E-state index in [0.29, 0.717) is 12.1 Å². The lowest BCUT2D eigenvalue weighted by atomic mass is 10.2. The van der Waals surface area contributed by atoms with Gasteiger partial charge in [-0.25, -0.2) is 4.39 Å². The van der Waals surface area contributed by atoms with E-state index in [-0.39, 0.29) is 5.82 Å². The number of hydrogen-bond donors (Lipinski definition) is 1. The molecule has 2 nitrogen and oxygen atoms in total. The van der Waals surface area contributed by atoms with Crippen LogP contribution in [0.5, 0.6) is 0 Å². The largest absolute Gasteiger partial charge is 0.346 e. The maximum atomic E-state index is 13.7. The van der Waals surface area contributed by atoms with E-state index in [0.717, 1.165) is 16.7 Å². The van der Waals surface area contributed by atoms with Crippen LogP contribution in [0.2, 0.25) is 0 Å². The van der Waals surface area contributed by atoms with Crippen LogP contribution in [0.25, 0.3) is 0 Å². The molecule has 0 unspecified atom stereocenters. The van der Waals surface area contributed by atoms with Gasteiger partial charge < -0.3 is 9.88 Å². The molecule has 4 heteroatoms. The Morgan fingerprint density at radius 3 is 2.88 bits per heavy atom. The molecule has 0 bridgehead atoms. The fourth-order valence-electron chi connectivity index (χ4n) is 1.78. The second kappa shape index (κ2) is 5.47. The van der Waals surface area contributed by atoms with E-state index in [1.807, 2.05) is 42.1 Å². The van der Waals surface area contributed by atoms with Crippen molar-refractivity contribution in [3.8, 4) is 0 Å². The first-order valence-corrected chi connectivity index (χ1v) is 6.22. The Balaban J connectivity index is 2.22. The first-order chi connectivity index (χ1) is 8.20. The summed E-state index contributed by atoms with van der Waals surface area (Å²) in [4.78, 5) is 0. The molecule has 0 atom stereocenters. The molecule has 0 saturated carbocycles. The molecule has 1 N–H and O–H groups in total. The zero-order valence-electron chi connectivity index (χ0n) is 9.58. The second-order valence-corrected chi connectivity index (χ2v) is 4.81. The van der Waals surface area contributed by atoms with Gasteiger partial charge in [-0.1, -0.05) is 22.0 Å². The van der Waals surface area contributed by atoms with E-state index >= 15 is 0 Å². The number of nitrogens with zero attached hydrogens (tertiary/aromatic N) is 1. The summed E-state index contributed by atoms with van der Waals surface area (Å²) >= 11 is 3.26. The van der Waals surface area contributed by atoms with Crippen molar-refractivity contribution in [2.75, 3.05) is 7.05 Å².